The second-order valence-electron chi connectivity index (χ2n) is 6.44. The number of carboxylic acids is 1. The molecule has 3 nitrogen and oxygen atoms in total. The van der Waals surface area contributed by atoms with Crippen LogP contribution < -0.4 is 5.32 Å². The predicted octanol–water partition coefficient (Wildman–Crippen LogP) is 4.07. The molecule has 0 aliphatic heterocycles. The SMILES string of the molecule is Cc1ccc(NC2CCC(C)(C)CC2)c(C(=O)O)c1. The highest BCUT2D eigenvalue weighted by Gasteiger charge is 2.27. The van der Waals surface area contributed by atoms with Crippen molar-refractivity contribution < 1.29 is 9.90 Å². The van der Waals surface area contributed by atoms with E-state index in [-0.39, 0.29) is 0 Å². The first kappa shape index (κ1) is 13.9. The van der Waals surface area contributed by atoms with Crippen LogP contribution in [-0.2, 0) is 0 Å². The molecule has 1 saturated carbocycles. The minimum absolute atomic E-state index is 0.379. The van der Waals surface area contributed by atoms with Crippen molar-refractivity contribution in [2.45, 2.75) is 52.5 Å². The molecule has 1 aliphatic rings. The zero-order valence-corrected chi connectivity index (χ0v) is 12.0. The van der Waals surface area contributed by atoms with E-state index in [9.17, 15) is 9.90 Å². The Labute approximate surface area is 115 Å². The van der Waals surface area contributed by atoms with E-state index < -0.39 is 5.97 Å². The molecule has 0 amide bonds. The number of nitrogens with one attached hydrogen (secondary N) is 1. The zero-order valence-electron chi connectivity index (χ0n) is 12.0. The third-order valence-electron chi connectivity index (χ3n) is 4.10. The summed E-state index contributed by atoms with van der Waals surface area (Å²) >= 11 is 0. The van der Waals surface area contributed by atoms with E-state index in [0.29, 0.717) is 17.0 Å². The van der Waals surface area contributed by atoms with Gasteiger partial charge in [-0.15, -0.1) is 0 Å². The molecule has 1 aromatic rings. The van der Waals surface area contributed by atoms with Crippen molar-refractivity contribution in [3.8, 4) is 0 Å². The third-order valence-corrected chi connectivity index (χ3v) is 4.10. The van der Waals surface area contributed by atoms with Gasteiger partial charge in [0.2, 0.25) is 0 Å². The van der Waals surface area contributed by atoms with E-state index in [0.717, 1.165) is 24.1 Å². The van der Waals surface area contributed by atoms with Crippen LogP contribution in [0, 0.1) is 12.3 Å². The van der Waals surface area contributed by atoms with Crippen molar-refractivity contribution in [3.05, 3.63) is 29.3 Å². The average Bonchev–Trinajstić information content (AvgIpc) is 2.33. The lowest BCUT2D eigenvalue weighted by Crippen LogP contribution is -2.30. The van der Waals surface area contributed by atoms with Gasteiger partial charge in [0.1, 0.15) is 0 Å². The lowest BCUT2D eigenvalue weighted by Gasteiger charge is -2.35. The van der Waals surface area contributed by atoms with Gasteiger partial charge < -0.3 is 10.4 Å². The van der Waals surface area contributed by atoms with Gasteiger partial charge in [0, 0.05) is 11.7 Å². The lowest BCUT2D eigenvalue weighted by molar-refractivity contribution is 0.0697. The largest absolute Gasteiger partial charge is 0.478 e. The summed E-state index contributed by atoms with van der Waals surface area (Å²) < 4.78 is 0. The van der Waals surface area contributed by atoms with Gasteiger partial charge in [0.25, 0.3) is 0 Å². The number of carbonyl (C=O) groups is 1. The van der Waals surface area contributed by atoms with Crippen LogP contribution in [0.5, 0.6) is 0 Å². The van der Waals surface area contributed by atoms with Gasteiger partial charge in [-0.3, -0.25) is 0 Å². The van der Waals surface area contributed by atoms with Crippen LogP contribution in [0.15, 0.2) is 18.2 Å². The summed E-state index contributed by atoms with van der Waals surface area (Å²) in [5.41, 5.74) is 2.54. The van der Waals surface area contributed by atoms with Crippen LogP contribution in [0.1, 0.15) is 55.5 Å². The Balaban J connectivity index is 2.10. The van der Waals surface area contributed by atoms with Gasteiger partial charge >= 0.3 is 5.97 Å². The number of aromatic carboxylic acids is 1. The summed E-state index contributed by atoms with van der Waals surface area (Å²) in [4.78, 5) is 11.3. The fourth-order valence-corrected chi connectivity index (χ4v) is 2.72. The van der Waals surface area contributed by atoms with Crippen LogP contribution in [0.25, 0.3) is 0 Å². The first-order chi connectivity index (χ1) is 8.87. The van der Waals surface area contributed by atoms with E-state index in [1.165, 1.54) is 12.8 Å². The van der Waals surface area contributed by atoms with Crippen LogP contribution in [0.3, 0.4) is 0 Å². The monoisotopic (exact) mass is 261 g/mol. The highest BCUT2D eigenvalue weighted by atomic mass is 16.4. The first-order valence-electron chi connectivity index (χ1n) is 6.98. The Morgan fingerprint density at radius 2 is 1.95 bits per heavy atom. The highest BCUT2D eigenvalue weighted by Crippen LogP contribution is 2.36. The smallest absolute Gasteiger partial charge is 0.337 e. The van der Waals surface area contributed by atoms with Gasteiger partial charge in [-0.2, -0.15) is 0 Å². The van der Waals surface area contributed by atoms with E-state index in [2.05, 4.69) is 19.2 Å². The van der Waals surface area contributed by atoms with Crippen LogP contribution >= 0.6 is 0 Å². The molecule has 0 radical (unpaired) electrons. The fourth-order valence-electron chi connectivity index (χ4n) is 2.72. The second kappa shape index (κ2) is 5.24. The molecule has 104 valence electrons. The molecule has 1 aromatic carbocycles. The molecule has 3 heteroatoms. The number of aryl methyl sites for hydroxylation is 1. The molecule has 0 heterocycles. The minimum Gasteiger partial charge on any atom is -0.478 e. The fraction of sp³-hybridized carbons (Fsp3) is 0.562. The molecular formula is C16H23NO2. The molecule has 0 aromatic heterocycles. The zero-order chi connectivity index (χ0) is 14.0. The van der Waals surface area contributed by atoms with E-state index in [1.807, 2.05) is 19.1 Å². The van der Waals surface area contributed by atoms with Gasteiger partial charge in [-0.05, 0) is 50.2 Å². The molecule has 0 spiro atoms. The number of hydrogen-bond acceptors (Lipinski definition) is 2. The predicted molar refractivity (Wildman–Crippen MR) is 77.8 cm³/mol. The standard InChI is InChI=1S/C16H23NO2/c1-11-4-5-14(13(10-11)15(18)19)17-12-6-8-16(2,3)9-7-12/h4-5,10,12,17H,6-9H2,1-3H3,(H,18,19). The molecule has 1 aliphatic carbocycles. The van der Waals surface area contributed by atoms with Gasteiger partial charge in [0.05, 0.1) is 5.56 Å². The first-order valence-corrected chi connectivity index (χ1v) is 6.98. The summed E-state index contributed by atoms with van der Waals surface area (Å²) in [6.07, 6.45) is 4.61. The summed E-state index contributed by atoms with van der Waals surface area (Å²) in [6.45, 7) is 6.52. The van der Waals surface area contributed by atoms with Gasteiger partial charge in [-0.1, -0.05) is 25.5 Å². The number of hydrogen-bond donors (Lipinski definition) is 2. The molecule has 0 bridgehead atoms. The Morgan fingerprint density at radius 1 is 1.32 bits per heavy atom. The van der Waals surface area contributed by atoms with Crippen LogP contribution in [0.4, 0.5) is 5.69 Å². The minimum atomic E-state index is -0.859. The molecule has 0 atom stereocenters. The van der Waals surface area contributed by atoms with Crippen molar-refractivity contribution in [1.82, 2.24) is 0 Å². The molecule has 19 heavy (non-hydrogen) atoms. The topological polar surface area (TPSA) is 49.3 Å². The van der Waals surface area contributed by atoms with E-state index >= 15 is 0 Å². The number of rotatable bonds is 3. The van der Waals surface area contributed by atoms with Crippen molar-refractivity contribution >= 4 is 11.7 Å². The highest BCUT2D eigenvalue weighted by molar-refractivity contribution is 5.94. The summed E-state index contributed by atoms with van der Waals surface area (Å²) in [6, 6.07) is 5.98. The summed E-state index contributed by atoms with van der Waals surface area (Å²) in [7, 11) is 0. The Morgan fingerprint density at radius 3 is 2.53 bits per heavy atom. The maximum atomic E-state index is 11.3. The van der Waals surface area contributed by atoms with Crippen molar-refractivity contribution in [3.63, 3.8) is 0 Å². The van der Waals surface area contributed by atoms with Gasteiger partial charge in [0.15, 0.2) is 0 Å². The summed E-state index contributed by atoms with van der Waals surface area (Å²) in [5.74, 6) is -0.859. The van der Waals surface area contributed by atoms with Crippen molar-refractivity contribution in [1.29, 1.82) is 0 Å². The normalized spacial score (nSPS) is 19.1. The Bertz CT molecular complexity index is 470. The molecule has 1 fully saturated rings. The van der Waals surface area contributed by atoms with E-state index in [1.54, 1.807) is 6.07 Å². The Kier molecular flexibility index (Phi) is 3.83. The van der Waals surface area contributed by atoms with Crippen LogP contribution in [0.2, 0.25) is 0 Å². The maximum absolute atomic E-state index is 11.3. The lowest BCUT2D eigenvalue weighted by atomic mass is 9.75. The summed E-state index contributed by atoms with van der Waals surface area (Å²) in [5, 5.41) is 12.7. The van der Waals surface area contributed by atoms with Crippen LogP contribution in [-0.4, -0.2) is 17.1 Å². The average molecular weight is 261 g/mol. The molecule has 2 rings (SSSR count). The molecule has 2 N–H and O–H groups in total. The molecule has 0 unspecified atom stereocenters. The molecular weight excluding hydrogens is 238 g/mol. The van der Waals surface area contributed by atoms with Crippen molar-refractivity contribution in [2.75, 3.05) is 5.32 Å². The van der Waals surface area contributed by atoms with Gasteiger partial charge in [-0.25, -0.2) is 4.79 Å². The Hall–Kier alpha value is -1.51. The number of benzene rings is 1. The molecule has 0 saturated heterocycles. The quantitative estimate of drug-likeness (QED) is 0.862. The number of carboxylic acid groups (broad SMARTS) is 1. The third kappa shape index (κ3) is 3.49. The van der Waals surface area contributed by atoms with E-state index in [4.69, 9.17) is 0 Å². The maximum Gasteiger partial charge on any atom is 0.337 e. The van der Waals surface area contributed by atoms with Crippen molar-refractivity contribution in [2.24, 2.45) is 5.41 Å². The second-order valence-corrected chi connectivity index (χ2v) is 6.44. The number of anilines is 1.